The lowest BCUT2D eigenvalue weighted by Crippen LogP contribution is -2.65. The van der Waals surface area contributed by atoms with Gasteiger partial charge < -0.3 is 20.8 Å². The van der Waals surface area contributed by atoms with E-state index in [-0.39, 0.29) is 11.6 Å². The number of hydrogen-bond acceptors (Lipinski definition) is 5. The third kappa shape index (κ3) is 2.32. The second-order valence-electron chi connectivity index (χ2n) is 5.95. The molecule has 0 saturated carbocycles. The number of β-lactam (4-membered cyclic amide) rings is 1. The Hall–Kier alpha value is -1.80. The standard InChI is InChI=1S/C14H18N2O5S/c1-6(17)8-10-14(2,3)11(22-5-4-7(15)18)9(13(20)21)16(10)12(8)19/h4-6,8,10,17H,1-3H3,(H2,15,18)(H,20,21)/b5-4-. The highest BCUT2D eigenvalue weighted by Crippen LogP contribution is 2.57. The van der Waals surface area contributed by atoms with Gasteiger partial charge in [-0.2, -0.15) is 0 Å². The summed E-state index contributed by atoms with van der Waals surface area (Å²) in [6.07, 6.45) is 0.282. The Morgan fingerprint density at radius 3 is 2.50 bits per heavy atom. The molecule has 0 aromatic rings. The maximum Gasteiger partial charge on any atom is 0.353 e. The number of thioether (sulfide) groups is 1. The van der Waals surface area contributed by atoms with Gasteiger partial charge in [-0.25, -0.2) is 4.79 Å². The Kier molecular flexibility index (Phi) is 4.09. The Labute approximate surface area is 131 Å². The van der Waals surface area contributed by atoms with E-state index in [4.69, 9.17) is 5.73 Å². The highest BCUT2D eigenvalue weighted by molar-refractivity contribution is 8.05. The summed E-state index contributed by atoms with van der Waals surface area (Å²) in [6, 6.07) is -0.407. The average Bonchev–Trinajstić information content (AvgIpc) is 2.55. The molecule has 3 atom stereocenters. The van der Waals surface area contributed by atoms with Gasteiger partial charge in [0.25, 0.3) is 0 Å². The topological polar surface area (TPSA) is 121 Å². The number of hydrogen-bond donors (Lipinski definition) is 3. The summed E-state index contributed by atoms with van der Waals surface area (Å²) in [6.45, 7) is 5.17. The van der Waals surface area contributed by atoms with Crippen molar-refractivity contribution in [2.45, 2.75) is 32.9 Å². The molecule has 8 heteroatoms. The molecule has 0 aromatic heterocycles. The highest BCUT2D eigenvalue weighted by Gasteiger charge is 2.64. The first-order valence-corrected chi connectivity index (χ1v) is 7.60. The number of rotatable bonds is 5. The number of carboxylic acids is 1. The number of nitrogens with two attached hydrogens (primary N) is 1. The summed E-state index contributed by atoms with van der Waals surface area (Å²) in [5.41, 5.74) is 4.29. The van der Waals surface area contributed by atoms with Crippen LogP contribution in [-0.2, 0) is 14.4 Å². The van der Waals surface area contributed by atoms with Crippen LogP contribution in [-0.4, -0.2) is 45.0 Å². The number of amides is 2. The molecule has 1 saturated heterocycles. The lowest BCUT2D eigenvalue weighted by molar-refractivity contribution is -0.166. The summed E-state index contributed by atoms with van der Waals surface area (Å²) < 4.78 is 0. The van der Waals surface area contributed by atoms with Crippen LogP contribution in [0.3, 0.4) is 0 Å². The van der Waals surface area contributed by atoms with Crippen molar-refractivity contribution in [1.29, 1.82) is 0 Å². The molecule has 0 aromatic carbocycles. The first kappa shape index (κ1) is 16.6. The highest BCUT2D eigenvalue weighted by atomic mass is 32.2. The molecule has 0 aliphatic carbocycles. The zero-order chi connectivity index (χ0) is 16.8. The summed E-state index contributed by atoms with van der Waals surface area (Å²) in [5, 5.41) is 20.6. The molecule has 3 unspecified atom stereocenters. The minimum Gasteiger partial charge on any atom is -0.477 e. The number of primary amides is 1. The number of carbonyl (C=O) groups excluding carboxylic acids is 2. The predicted molar refractivity (Wildman–Crippen MR) is 80.2 cm³/mol. The molecule has 7 nitrogen and oxygen atoms in total. The second kappa shape index (κ2) is 5.44. The molecule has 120 valence electrons. The molecule has 22 heavy (non-hydrogen) atoms. The summed E-state index contributed by atoms with van der Waals surface area (Å²) in [7, 11) is 0. The van der Waals surface area contributed by atoms with Crippen LogP contribution in [0.25, 0.3) is 0 Å². The van der Waals surface area contributed by atoms with Gasteiger partial charge in [0.1, 0.15) is 5.70 Å². The van der Waals surface area contributed by atoms with Crippen molar-refractivity contribution in [3.63, 3.8) is 0 Å². The largest absolute Gasteiger partial charge is 0.477 e. The third-order valence-electron chi connectivity index (χ3n) is 4.06. The van der Waals surface area contributed by atoms with Crippen molar-refractivity contribution >= 4 is 29.5 Å². The summed E-state index contributed by atoms with van der Waals surface area (Å²) in [4.78, 5) is 36.2. The van der Waals surface area contributed by atoms with E-state index in [1.807, 2.05) is 13.8 Å². The monoisotopic (exact) mass is 326 g/mol. The lowest BCUT2D eigenvalue weighted by Gasteiger charge is -2.49. The zero-order valence-corrected chi connectivity index (χ0v) is 13.3. The van der Waals surface area contributed by atoms with Crippen LogP contribution in [0.2, 0.25) is 0 Å². The summed E-state index contributed by atoms with van der Waals surface area (Å²) in [5.74, 6) is -2.85. The quantitative estimate of drug-likeness (QED) is 0.492. The molecule has 2 aliphatic rings. The fourth-order valence-electron chi connectivity index (χ4n) is 3.13. The van der Waals surface area contributed by atoms with Crippen molar-refractivity contribution in [3.8, 4) is 0 Å². The number of carbonyl (C=O) groups is 3. The van der Waals surface area contributed by atoms with Crippen molar-refractivity contribution in [2.75, 3.05) is 0 Å². The van der Waals surface area contributed by atoms with E-state index in [0.29, 0.717) is 4.91 Å². The molecule has 2 heterocycles. The Balaban J connectivity index is 2.43. The van der Waals surface area contributed by atoms with E-state index in [0.717, 1.165) is 17.8 Å². The number of fused-ring (bicyclic) bond motifs is 1. The van der Waals surface area contributed by atoms with Crippen molar-refractivity contribution in [1.82, 2.24) is 4.90 Å². The van der Waals surface area contributed by atoms with Crippen molar-refractivity contribution in [2.24, 2.45) is 17.1 Å². The minimum atomic E-state index is -1.21. The van der Waals surface area contributed by atoms with E-state index in [1.165, 1.54) is 17.2 Å². The molecule has 0 radical (unpaired) electrons. The van der Waals surface area contributed by atoms with Gasteiger partial charge in [0, 0.05) is 16.4 Å². The molecule has 4 N–H and O–H groups in total. The normalized spacial score (nSPS) is 27.8. The van der Waals surface area contributed by atoms with Gasteiger partial charge in [-0.05, 0) is 12.3 Å². The molecule has 0 spiro atoms. The second-order valence-corrected chi connectivity index (χ2v) is 6.86. The fraction of sp³-hybridized carbons (Fsp3) is 0.500. The first-order valence-electron chi connectivity index (χ1n) is 6.72. The lowest BCUT2D eigenvalue weighted by atomic mass is 9.71. The van der Waals surface area contributed by atoms with E-state index in [9.17, 15) is 24.6 Å². The number of aliphatic carboxylic acids is 1. The first-order chi connectivity index (χ1) is 10.1. The summed E-state index contributed by atoms with van der Waals surface area (Å²) >= 11 is 1.06. The van der Waals surface area contributed by atoms with Crippen LogP contribution in [0.4, 0.5) is 0 Å². The van der Waals surface area contributed by atoms with Gasteiger partial charge in [0.2, 0.25) is 11.8 Å². The third-order valence-corrected chi connectivity index (χ3v) is 5.29. The van der Waals surface area contributed by atoms with Crippen LogP contribution in [0, 0.1) is 11.3 Å². The average molecular weight is 326 g/mol. The molecular weight excluding hydrogens is 308 g/mol. The van der Waals surface area contributed by atoms with Gasteiger partial charge in [-0.1, -0.05) is 25.6 Å². The Bertz CT molecular complexity index is 608. The zero-order valence-electron chi connectivity index (χ0n) is 12.4. The van der Waals surface area contributed by atoms with Gasteiger partial charge in [-0.15, -0.1) is 0 Å². The number of carboxylic acid groups (broad SMARTS) is 1. The smallest absolute Gasteiger partial charge is 0.353 e. The number of nitrogens with zero attached hydrogens (tertiary/aromatic N) is 1. The number of aliphatic hydroxyl groups is 1. The van der Waals surface area contributed by atoms with Crippen LogP contribution in [0.1, 0.15) is 20.8 Å². The van der Waals surface area contributed by atoms with E-state index < -0.39 is 35.4 Å². The van der Waals surface area contributed by atoms with Crippen LogP contribution >= 0.6 is 11.8 Å². The molecule has 2 rings (SSSR count). The Morgan fingerprint density at radius 2 is 2.05 bits per heavy atom. The molecular formula is C14H18N2O5S. The molecule has 0 bridgehead atoms. The number of aliphatic hydroxyl groups excluding tert-OH is 1. The molecule has 2 aliphatic heterocycles. The molecule has 1 fully saturated rings. The fourth-order valence-corrected chi connectivity index (χ4v) is 4.19. The van der Waals surface area contributed by atoms with E-state index >= 15 is 0 Å². The Morgan fingerprint density at radius 1 is 1.45 bits per heavy atom. The predicted octanol–water partition coefficient (Wildman–Crippen LogP) is 0.262. The van der Waals surface area contributed by atoms with Crippen LogP contribution in [0.5, 0.6) is 0 Å². The van der Waals surface area contributed by atoms with Crippen LogP contribution < -0.4 is 5.73 Å². The van der Waals surface area contributed by atoms with Crippen LogP contribution in [0.15, 0.2) is 22.1 Å². The van der Waals surface area contributed by atoms with Gasteiger partial charge in [0.05, 0.1) is 18.1 Å². The maximum atomic E-state index is 12.2. The minimum absolute atomic E-state index is 0.0870. The van der Waals surface area contributed by atoms with E-state index in [1.54, 1.807) is 0 Å². The SMILES string of the molecule is CC(O)C1C(=O)N2C(C(=O)O)=C(S/C=C\C(N)=O)C(C)(C)C12. The van der Waals surface area contributed by atoms with Gasteiger partial charge in [-0.3, -0.25) is 9.59 Å². The van der Waals surface area contributed by atoms with Gasteiger partial charge in [0.15, 0.2) is 0 Å². The van der Waals surface area contributed by atoms with E-state index in [2.05, 4.69) is 0 Å². The maximum absolute atomic E-state index is 12.2. The molecule has 2 amide bonds. The van der Waals surface area contributed by atoms with Crippen molar-refractivity contribution < 1.29 is 24.6 Å². The van der Waals surface area contributed by atoms with Gasteiger partial charge >= 0.3 is 5.97 Å². The van der Waals surface area contributed by atoms with Crippen molar-refractivity contribution in [3.05, 3.63) is 22.1 Å².